The van der Waals surface area contributed by atoms with Gasteiger partial charge in [-0.05, 0) is 14.0 Å². The van der Waals surface area contributed by atoms with Crippen molar-refractivity contribution in [2.45, 2.75) is 13.0 Å². The van der Waals surface area contributed by atoms with Gasteiger partial charge in [-0.15, -0.1) is 0 Å². The van der Waals surface area contributed by atoms with Crippen molar-refractivity contribution in [3.63, 3.8) is 0 Å². The maximum absolute atomic E-state index is 11.2. The van der Waals surface area contributed by atoms with Crippen LogP contribution in [0, 0.1) is 0 Å². The number of hydrogen-bond donors (Lipinski definition) is 0. The van der Waals surface area contributed by atoms with Crippen molar-refractivity contribution in [1.29, 1.82) is 0 Å². The van der Waals surface area contributed by atoms with Gasteiger partial charge in [0.25, 0.3) is 0 Å². The Kier molecular flexibility index (Phi) is 1.94. The maximum atomic E-state index is 11.2. The van der Waals surface area contributed by atoms with Crippen LogP contribution in [0.25, 0.3) is 0 Å². The molecule has 0 unspecified atom stereocenters. The Bertz CT molecular complexity index is 147. The third kappa shape index (κ3) is 1.14. The summed E-state index contributed by atoms with van der Waals surface area (Å²) in [5, 5.41) is 0. The molecular formula is C7H14N2O. The van der Waals surface area contributed by atoms with E-state index >= 15 is 0 Å². The van der Waals surface area contributed by atoms with Gasteiger partial charge < -0.3 is 4.90 Å². The molecule has 1 amide bonds. The van der Waals surface area contributed by atoms with Gasteiger partial charge in [0.1, 0.15) is 0 Å². The SMILES string of the molecule is C[C@@H]1C(=O)N(C)CCN1C. The zero-order valence-corrected chi connectivity index (χ0v) is 6.79. The summed E-state index contributed by atoms with van der Waals surface area (Å²) >= 11 is 0. The number of carbonyl (C=O) groups excluding carboxylic acids is 1. The van der Waals surface area contributed by atoms with Crippen LogP contribution in [0.3, 0.4) is 0 Å². The van der Waals surface area contributed by atoms with Crippen LogP contribution in [0.5, 0.6) is 0 Å². The minimum absolute atomic E-state index is 0.0683. The molecular weight excluding hydrogens is 128 g/mol. The zero-order valence-electron chi connectivity index (χ0n) is 6.79. The topological polar surface area (TPSA) is 23.6 Å². The minimum Gasteiger partial charge on any atom is -0.343 e. The van der Waals surface area contributed by atoms with E-state index in [0.717, 1.165) is 13.1 Å². The van der Waals surface area contributed by atoms with Gasteiger partial charge >= 0.3 is 0 Å². The number of likely N-dealkylation sites (N-methyl/N-ethyl adjacent to an activating group) is 2. The Morgan fingerprint density at radius 1 is 1.40 bits per heavy atom. The molecule has 58 valence electrons. The zero-order chi connectivity index (χ0) is 7.72. The van der Waals surface area contributed by atoms with Gasteiger partial charge in [-0.1, -0.05) is 0 Å². The molecule has 1 rings (SSSR count). The first-order valence-corrected chi connectivity index (χ1v) is 3.58. The normalized spacial score (nSPS) is 29.3. The quantitative estimate of drug-likeness (QED) is 0.467. The lowest BCUT2D eigenvalue weighted by Crippen LogP contribution is -2.52. The molecule has 1 aliphatic heterocycles. The molecule has 0 aromatic heterocycles. The van der Waals surface area contributed by atoms with Crippen molar-refractivity contribution < 1.29 is 4.79 Å². The van der Waals surface area contributed by atoms with Gasteiger partial charge in [-0.2, -0.15) is 0 Å². The molecule has 0 saturated carbocycles. The van der Waals surface area contributed by atoms with Crippen LogP contribution in [0.15, 0.2) is 0 Å². The molecule has 0 spiro atoms. The van der Waals surface area contributed by atoms with Crippen LogP contribution in [-0.4, -0.2) is 48.9 Å². The summed E-state index contributed by atoms with van der Waals surface area (Å²) in [4.78, 5) is 15.1. The van der Waals surface area contributed by atoms with E-state index in [-0.39, 0.29) is 11.9 Å². The van der Waals surface area contributed by atoms with E-state index in [1.165, 1.54) is 0 Å². The van der Waals surface area contributed by atoms with Crippen LogP contribution in [-0.2, 0) is 4.79 Å². The Morgan fingerprint density at radius 2 is 2.00 bits per heavy atom. The van der Waals surface area contributed by atoms with Gasteiger partial charge in [0.05, 0.1) is 6.04 Å². The van der Waals surface area contributed by atoms with Crippen LogP contribution in [0.1, 0.15) is 6.92 Å². The summed E-state index contributed by atoms with van der Waals surface area (Å²) in [6.07, 6.45) is 0. The lowest BCUT2D eigenvalue weighted by molar-refractivity contribution is -0.138. The average molecular weight is 142 g/mol. The van der Waals surface area contributed by atoms with Crippen LogP contribution < -0.4 is 0 Å². The minimum atomic E-state index is 0.0683. The predicted molar refractivity (Wildman–Crippen MR) is 39.7 cm³/mol. The fraction of sp³-hybridized carbons (Fsp3) is 0.857. The highest BCUT2D eigenvalue weighted by atomic mass is 16.2. The van der Waals surface area contributed by atoms with Crippen molar-refractivity contribution in [3.8, 4) is 0 Å². The Labute approximate surface area is 61.6 Å². The second-order valence-corrected chi connectivity index (χ2v) is 2.92. The molecule has 0 bridgehead atoms. The molecule has 3 heteroatoms. The van der Waals surface area contributed by atoms with Crippen molar-refractivity contribution in [2.75, 3.05) is 27.2 Å². The van der Waals surface area contributed by atoms with Crippen molar-refractivity contribution >= 4 is 5.91 Å². The van der Waals surface area contributed by atoms with Crippen molar-refractivity contribution in [2.24, 2.45) is 0 Å². The van der Waals surface area contributed by atoms with Crippen LogP contribution in [0.2, 0.25) is 0 Å². The third-order valence-electron chi connectivity index (χ3n) is 2.18. The highest BCUT2D eigenvalue weighted by Gasteiger charge is 2.25. The Balaban J connectivity index is 2.60. The molecule has 0 aromatic carbocycles. The Morgan fingerprint density at radius 3 is 2.50 bits per heavy atom. The molecule has 1 heterocycles. The lowest BCUT2D eigenvalue weighted by atomic mass is 10.2. The smallest absolute Gasteiger partial charge is 0.239 e. The first-order valence-electron chi connectivity index (χ1n) is 3.58. The Hall–Kier alpha value is -0.570. The van der Waals surface area contributed by atoms with Crippen molar-refractivity contribution in [3.05, 3.63) is 0 Å². The van der Waals surface area contributed by atoms with Gasteiger partial charge in [0.15, 0.2) is 0 Å². The summed E-state index contributed by atoms with van der Waals surface area (Å²) in [5.41, 5.74) is 0. The van der Waals surface area contributed by atoms with Crippen LogP contribution >= 0.6 is 0 Å². The number of nitrogens with zero attached hydrogens (tertiary/aromatic N) is 2. The van der Waals surface area contributed by atoms with Gasteiger partial charge in [-0.25, -0.2) is 0 Å². The lowest BCUT2D eigenvalue weighted by Gasteiger charge is -2.34. The van der Waals surface area contributed by atoms with E-state index in [2.05, 4.69) is 4.90 Å². The molecule has 0 aromatic rings. The van der Waals surface area contributed by atoms with E-state index in [1.807, 2.05) is 21.0 Å². The summed E-state index contributed by atoms with van der Waals surface area (Å²) in [5.74, 6) is 0.230. The number of amides is 1. The fourth-order valence-corrected chi connectivity index (χ4v) is 1.12. The van der Waals surface area contributed by atoms with E-state index in [0.29, 0.717) is 0 Å². The summed E-state index contributed by atoms with van der Waals surface area (Å²) in [6, 6.07) is 0.0683. The molecule has 10 heavy (non-hydrogen) atoms. The van der Waals surface area contributed by atoms with Gasteiger partial charge in [0, 0.05) is 20.1 Å². The molecule has 0 N–H and O–H groups in total. The second kappa shape index (κ2) is 2.58. The molecule has 1 saturated heterocycles. The third-order valence-corrected chi connectivity index (χ3v) is 2.18. The number of rotatable bonds is 0. The average Bonchev–Trinajstić information content (AvgIpc) is 1.93. The number of piperazine rings is 1. The van der Waals surface area contributed by atoms with Gasteiger partial charge in [0.2, 0.25) is 5.91 Å². The summed E-state index contributed by atoms with van der Waals surface area (Å²) in [7, 11) is 3.83. The standard InChI is InChI=1S/C7H14N2O/c1-6-7(10)9(3)5-4-8(6)2/h6H,4-5H2,1-3H3/t6-/m1/s1. The second-order valence-electron chi connectivity index (χ2n) is 2.92. The van der Waals surface area contributed by atoms with E-state index in [4.69, 9.17) is 0 Å². The molecule has 1 aliphatic rings. The van der Waals surface area contributed by atoms with Crippen LogP contribution in [0.4, 0.5) is 0 Å². The first kappa shape index (κ1) is 7.54. The largest absolute Gasteiger partial charge is 0.343 e. The van der Waals surface area contributed by atoms with E-state index in [9.17, 15) is 4.79 Å². The summed E-state index contributed by atoms with van der Waals surface area (Å²) in [6.45, 7) is 3.79. The monoisotopic (exact) mass is 142 g/mol. The number of hydrogen-bond acceptors (Lipinski definition) is 2. The highest BCUT2D eigenvalue weighted by Crippen LogP contribution is 2.05. The van der Waals surface area contributed by atoms with Gasteiger partial charge in [-0.3, -0.25) is 9.69 Å². The summed E-state index contributed by atoms with van der Waals surface area (Å²) < 4.78 is 0. The van der Waals surface area contributed by atoms with Crippen molar-refractivity contribution in [1.82, 2.24) is 9.80 Å². The maximum Gasteiger partial charge on any atom is 0.239 e. The molecule has 1 atom stereocenters. The molecule has 0 radical (unpaired) electrons. The van der Waals surface area contributed by atoms with E-state index in [1.54, 1.807) is 4.90 Å². The highest BCUT2D eigenvalue weighted by molar-refractivity contribution is 5.81. The molecule has 3 nitrogen and oxygen atoms in total. The first-order chi connectivity index (χ1) is 4.63. The number of carbonyl (C=O) groups is 1. The molecule has 0 aliphatic carbocycles. The fourth-order valence-electron chi connectivity index (χ4n) is 1.12. The predicted octanol–water partition coefficient (Wildman–Crippen LogP) is -0.221. The van der Waals surface area contributed by atoms with E-state index < -0.39 is 0 Å². The molecule has 1 fully saturated rings.